The van der Waals surface area contributed by atoms with Gasteiger partial charge in [0.1, 0.15) is 17.1 Å². The second-order valence-corrected chi connectivity index (χ2v) is 14.5. The second kappa shape index (κ2) is 17.6. The van der Waals surface area contributed by atoms with Crippen molar-refractivity contribution in [1.82, 2.24) is 14.5 Å². The van der Waals surface area contributed by atoms with Crippen molar-refractivity contribution in [2.75, 3.05) is 54.9 Å². The van der Waals surface area contributed by atoms with Crippen molar-refractivity contribution in [2.24, 2.45) is 0 Å². The number of hydrogen-bond donors (Lipinski definition) is 2. The number of para-hydroxylation sites is 2. The lowest BCUT2D eigenvalue weighted by molar-refractivity contribution is 0.225. The number of unbranched alkanes of at least 4 members (excludes halogenated alkanes) is 1. The number of urea groups is 1. The van der Waals surface area contributed by atoms with Crippen LogP contribution in [-0.4, -0.2) is 59.8 Å². The van der Waals surface area contributed by atoms with Gasteiger partial charge in [-0.2, -0.15) is 0 Å². The van der Waals surface area contributed by atoms with Gasteiger partial charge in [0.2, 0.25) is 0 Å². The van der Waals surface area contributed by atoms with Crippen molar-refractivity contribution in [1.29, 1.82) is 0 Å². The van der Waals surface area contributed by atoms with Crippen LogP contribution in [-0.2, 0) is 6.54 Å². The maximum Gasteiger partial charge on any atom is 0.323 e. The number of amides is 2. The van der Waals surface area contributed by atoms with Crippen LogP contribution in [0.2, 0.25) is 0 Å². The van der Waals surface area contributed by atoms with Gasteiger partial charge in [-0.1, -0.05) is 89.6 Å². The molecule has 0 aliphatic carbocycles. The third-order valence-corrected chi connectivity index (χ3v) is 10.1. The lowest BCUT2D eigenvalue weighted by atomic mass is 9.93. The summed E-state index contributed by atoms with van der Waals surface area (Å²) in [6.45, 7) is 16.7. The third-order valence-electron chi connectivity index (χ3n) is 10.1. The predicted octanol–water partition coefficient (Wildman–Crippen LogP) is 9.35. The van der Waals surface area contributed by atoms with E-state index in [1.165, 1.54) is 5.69 Å². The quantitative estimate of drug-likeness (QED) is 0.111. The molecule has 53 heavy (non-hydrogen) atoms. The number of ether oxygens (including phenoxy) is 1. The molecule has 3 heterocycles. The highest BCUT2D eigenvalue weighted by Crippen LogP contribution is 2.36. The van der Waals surface area contributed by atoms with Crippen molar-refractivity contribution < 1.29 is 9.53 Å². The van der Waals surface area contributed by atoms with Crippen LogP contribution in [0.4, 0.5) is 21.9 Å². The smallest absolute Gasteiger partial charge is 0.323 e. The van der Waals surface area contributed by atoms with Crippen LogP contribution >= 0.6 is 0 Å². The minimum atomic E-state index is -0.458. The molecular weight excluding hydrogens is 661 g/mol. The number of aryl methyl sites for hydroxylation is 1. The van der Waals surface area contributed by atoms with Gasteiger partial charge < -0.3 is 20.3 Å². The molecule has 0 radical (unpaired) electrons. The van der Waals surface area contributed by atoms with Crippen LogP contribution < -0.4 is 25.8 Å². The van der Waals surface area contributed by atoms with E-state index >= 15 is 0 Å². The molecule has 6 rings (SSSR count). The van der Waals surface area contributed by atoms with Gasteiger partial charge >= 0.3 is 6.03 Å². The number of pyridine rings is 2. The number of carbonyl (C=O) groups is 1. The summed E-state index contributed by atoms with van der Waals surface area (Å²) in [6, 6.07) is 27.9. The number of nitrogens with zero attached hydrogens (tertiary/aromatic N) is 4. The van der Waals surface area contributed by atoms with Crippen LogP contribution in [0, 0.1) is 0 Å². The first-order valence-corrected chi connectivity index (χ1v) is 19.2. The number of fused-ring (bicyclic) bond motifs is 1. The molecule has 1 fully saturated rings. The molecule has 0 atom stereocenters. The van der Waals surface area contributed by atoms with Crippen molar-refractivity contribution in [3.8, 4) is 16.9 Å². The molecule has 0 unspecified atom stereocenters. The highest BCUT2D eigenvalue weighted by atomic mass is 16.5. The second-order valence-electron chi connectivity index (χ2n) is 14.5. The standard InChI is InChI=1S/C44H54N6O3/c1-6-7-24-50-42-38(21-13-22-45-42)39(41(43(50)51)47-44(52)46-40-36(31(2)3)19-12-20-37(40)32(4)5)33-15-11-18-35(30-33)53-29-14-23-48-25-27-49(28-26-48)34-16-9-8-10-17-34/h8-13,15-22,30-32H,6-7,14,23-29H2,1-5H3,(H2,46,47,52). The van der Waals surface area contributed by atoms with Gasteiger partial charge in [-0.3, -0.25) is 14.3 Å². The molecule has 3 aromatic carbocycles. The van der Waals surface area contributed by atoms with Crippen LogP contribution in [0.3, 0.4) is 0 Å². The van der Waals surface area contributed by atoms with Gasteiger partial charge in [0, 0.05) is 67.8 Å². The highest BCUT2D eigenvalue weighted by molar-refractivity contribution is 6.07. The molecule has 2 aromatic heterocycles. The normalized spacial score (nSPS) is 13.5. The Kier molecular flexibility index (Phi) is 12.5. The number of rotatable bonds is 14. The Morgan fingerprint density at radius 2 is 1.49 bits per heavy atom. The first-order chi connectivity index (χ1) is 25.7. The van der Waals surface area contributed by atoms with Gasteiger partial charge in [-0.05, 0) is 77.8 Å². The minimum Gasteiger partial charge on any atom is -0.494 e. The number of carbonyl (C=O) groups excluding carboxylic acids is 1. The van der Waals surface area contributed by atoms with Gasteiger partial charge in [0.15, 0.2) is 0 Å². The average Bonchev–Trinajstić information content (AvgIpc) is 3.17. The van der Waals surface area contributed by atoms with Crippen molar-refractivity contribution in [2.45, 2.75) is 72.3 Å². The third kappa shape index (κ3) is 8.91. The summed E-state index contributed by atoms with van der Waals surface area (Å²) in [7, 11) is 0. The Labute approximate surface area is 314 Å². The van der Waals surface area contributed by atoms with Crippen molar-refractivity contribution >= 4 is 34.1 Å². The van der Waals surface area contributed by atoms with E-state index in [0.29, 0.717) is 30.1 Å². The Hall–Kier alpha value is -5.15. The van der Waals surface area contributed by atoms with E-state index in [1.807, 2.05) is 42.5 Å². The zero-order valence-corrected chi connectivity index (χ0v) is 31.9. The first-order valence-electron chi connectivity index (χ1n) is 19.2. The molecule has 0 saturated carbocycles. The molecule has 9 heteroatoms. The average molecular weight is 715 g/mol. The Balaban J connectivity index is 1.24. The van der Waals surface area contributed by atoms with E-state index in [-0.39, 0.29) is 23.1 Å². The molecule has 1 aliphatic rings. The van der Waals surface area contributed by atoms with E-state index in [0.717, 1.165) is 79.8 Å². The Morgan fingerprint density at radius 3 is 2.19 bits per heavy atom. The fourth-order valence-corrected chi connectivity index (χ4v) is 7.26. The van der Waals surface area contributed by atoms with Crippen LogP contribution in [0.25, 0.3) is 22.2 Å². The van der Waals surface area contributed by atoms with Crippen molar-refractivity contribution in [3.05, 3.63) is 113 Å². The highest BCUT2D eigenvalue weighted by Gasteiger charge is 2.23. The molecule has 0 bridgehead atoms. The first kappa shape index (κ1) is 37.6. The van der Waals surface area contributed by atoms with E-state index in [9.17, 15) is 9.59 Å². The fraction of sp³-hybridized carbons (Fsp3) is 0.386. The lowest BCUT2D eigenvalue weighted by Crippen LogP contribution is -2.46. The number of benzene rings is 3. The number of hydrogen-bond acceptors (Lipinski definition) is 6. The maximum atomic E-state index is 14.4. The van der Waals surface area contributed by atoms with Crippen LogP contribution in [0.5, 0.6) is 5.75 Å². The summed E-state index contributed by atoms with van der Waals surface area (Å²) in [5.41, 5.74) is 6.11. The van der Waals surface area contributed by atoms with Crippen molar-refractivity contribution in [3.63, 3.8) is 0 Å². The predicted molar refractivity (Wildman–Crippen MR) is 219 cm³/mol. The fourth-order valence-electron chi connectivity index (χ4n) is 7.26. The van der Waals surface area contributed by atoms with Gasteiger partial charge in [0.05, 0.1) is 6.61 Å². The number of anilines is 3. The van der Waals surface area contributed by atoms with E-state index in [2.05, 4.69) is 103 Å². The largest absolute Gasteiger partial charge is 0.494 e. The van der Waals surface area contributed by atoms with E-state index in [4.69, 9.17) is 4.74 Å². The number of nitrogens with one attached hydrogen (secondary N) is 2. The SMILES string of the molecule is CCCCn1c(=O)c(NC(=O)Nc2c(C(C)C)cccc2C(C)C)c(-c2cccc(OCCCN3CCN(c4ccccc4)CC3)c2)c2cccnc21. The maximum absolute atomic E-state index is 14.4. The van der Waals surface area contributed by atoms with E-state index in [1.54, 1.807) is 10.8 Å². The number of aromatic nitrogens is 2. The Bertz CT molecular complexity index is 2020. The Morgan fingerprint density at radius 1 is 0.792 bits per heavy atom. The summed E-state index contributed by atoms with van der Waals surface area (Å²) >= 11 is 0. The summed E-state index contributed by atoms with van der Waals surface area (Å²) < 4.78 is 8.00. The summed E-state index contributed by atoms with van der Waals surface area (Å²) in [5.74, 6) is 1.11. The molecule has 9 nitrogen and oxygen atoms in total. The van der Waals surface area contributed by atoms with E-state index < -0.39 is 6.03 Å². The molecule has 5 aromatic rings. The van der Waals surface area contributed by atoms with Gasteiger partial charge in [-0.15, -0.1) is 0 Å². The monoisotopic (exact) mass is 714 g/mol. The molecule has 2 amide bonds. The molecule has 0 spiro atoms. The topological polar surface area (TPSA) is 91.7 Å². The molecule has 278 valence electrons. The molecular formula is C44H54N6O3. The lowest BCUT2D eigenvalue weighted by Gasteiger charge is -2.36. The molecule has 1 aliphatic heterocycles. The zero-order chi connectivity index (χ0) is 37.3. The van der Waals surface area contributed by atoms with Crippen LogP contribution in [0.15, 0.2) is 95.9 Å². The molecule has 2 N–H and O–H groups in total. The minimum absolute atomic E-state index is 0.199. The van der Waals surface area contributed by atoms with Crippen LogP contribution in [0.1, 0.15) is 76.8 Å². The summed E-state index contributed by atoms with van der Waals surface area (Å²) in [4.78, 5) is 38.0. The molecule has 1 saturated heterocycles. The van der Waals surface area contributed by atoms with Gasteiger partial charge in [-0.25, -0.2) is 9.78 Å². The number of piperazine rings is 1. The zero-order valence-electron chi connectivity index (χ0n) is 31.9. The summed E-state index contributed by atoms with van der Waals surface area (Å²) in [6.07, 6.45) is 4.34. The van der Waals surface area contributed by atoms with Gasteiger partial charge in [0.25, 0.3) is 5.56 Å². The summed E-state index contributed by atoms with van der Waals surface area (Å²) in [5, 5.41) is 6.96.